The summed E-state index contributed by atoms with van der Waals surface area (Å²) in [7, 11) is 1.27. The summed E-state index contributed by atoms with van der Waals surface area (Å²) >= 11 is 0. The maximum atomic E-state index is 13.2. The van der Waals surface area contributed by atoms with Gasteiger partial charge in [0.25, 0.3) is 5.56 Å². The van der Waals surface area contributed by atoms with E-state index in [0.29, 0.717) is 17.7 Å². The first-order valence-electron chi connectivity index (χ1n) is 9.99. The Morgan fingerprint density at radius 1 is 1.06 bits per heavy atom. The van der Waals surface area contributed by atoms with Crippen LogP contribution < -0.4 is 10.9 Å². The van der Waals surface area contributed by atoms with E-state index < -0.39 is 11.9 Å². The number of esters is 1. The van der Waals surface area contributed by atoms with Gasteiger partial charge < -0.3 is 14.6 Å². The maximum Gasteiger partial charge on any atom is 0.339 e. The number of benzene rings is 2. The molecule has 0 saturated heterocycles. The highest BCUT2D eigenvalue weighted by atomic mass is 16.5. The van der Waals surface area contributed by atoms with Crippen molar-refractivity contribution in [2.75, 3.05) is 12.4 Å². The van der Waals surface area contributed by atoms with E-state index in [1.165, 1.54) is 7.11 Å². The molecule has 1 amide bonds. The normalized spacial score (nSPS) is 11.0. The molecule has 0 bridgehead atoms. The van der Waals surface area contributed by atoms with Gasteiger partial charge in [-0.2, -0.15) is 5.10 Å². The summed E-state index contributed by atoms with van der Waals surface area (Å²) in [4.78, 5) is 37.8. The van der Waals surface area contributed by atoms with Gasteiger partial charge in [0.1, 0.15) is 12.1 Å². The molecule has 31 heavy (non-hydrogen) atoms. The lowest BCUT2D eigenvalue weighted by atomic mass is 10.2. The molecular weight excluding hydrogens is 396 g/mol. The van der Waals surface area contributed by atoms with Gasteiger partial charge in [-0.25, -0.2) is 9.48 Å². The van der Waals surface area contributed by atoms with E-state index in [9.17, 15) is 14.4 Å². The third-order valence-electron chi connectivity index (χ3n) is 5.12. The molecule has 0 radical (unpaired) electrons. The fraction of sp³-hybridized carbons (Fsp3) is 0.217. The number of anilines is 1. The Morgan fingerprint density at radius 2 is 1.81 bits per heavy atom. The van der Waals surface area contributed by atoms with Crippen LogP contribution in [-0.4, -0.2) is 33.3 Å². The monoisotopic (exact) mass is 418 g/mol. The predicted molar refractivity (Wildman–Crippen MR) is 118 cm³/mol. The second kappa shape index (κ2) is 8.43. The first-order valence-corrected chi connectivity index (χ1v) is 9.99. The maximum absolute atomic E-state index is 13.2. The fourth-order valence-electron chi connectivity index (χ4n) is 3.77. The molecule has 8 heteroatoms. The molecule has 0 aliphatic heterocycles. The fourth-order valence-corrected chi connectivity index (χ4v) is 3.77. The molecule has 0 unspecified atom stereocenters. The van der Waals surface area contributed by atoms with Crippen LogP contribution in [0, 0.1) is 0 Å². The molecule has 8 nitrogen and oxygen atoms in total. The largest absolute Gasteiger partial charge is 0.465 e. The van der Waals surface area contributed by atoms with Crippen LogP contribution in [0.15, 0.2) is 59.5 Å². The molecule has 2 aromatic heterocycles. The number of nitrogens with zero attached hydrogens (tertiary/aromatic N) is 3. The molecule has 0 aliphatic carbocycles. The summed E-state index contributed by atoms with van der Waals surface area (Å²) in [5.74, 6) is -1.03. The minimum absolute atomic E-state index is 0.233. The molecule has 4 aromatic rings. The molecule has 0 atom stereocenters. The van der Waals surface area contributed by atoms with E-state index in [4.69, 9.17) is 4.74 Å². The number of methoxy groups -OCH3 is 1. The number of amides is 1. The molecule has 4 rings (SSSR count). The second-order valence-corrected chi connectivity index (χ2v) is 7.12. The van der Waals surface area contributed by atoms with Gasteiger partial charge in [-0.05, 0) is 24.6 Å². The zero-order valence-corrected chi connectivity index (χ0v) is 17.3. The standard InChI is InChI=1S/C23H22N4O4/c1-3-12-26-19-11-7-5-8-15(19)17-13-24-27(22(29)21(17)26)14-20(28)25-18-10-6-4-9-16(18)23(30)31-2/h4-11,13H,3,12,14H2,1-2H3,(H,25,28). The molecule has 0 fully saturated rings. The molecule has 158 valence electrons. The zero-order chi connectivity index (χ0) is 22.0. The molecule has 1 N–H and O–H groups in total. The number of rotatable bonds is 6. The summed E-state index contributed by atoms with van der Waals surface area (Å²) in [6.07, 6.45) is 2.49. The van der Waals surface area contributed by atoms with E-state index in [-0.39, 0.29) is 17.7 Å². The zero-order valence-electron chi connectivity index (χ0n) is 17.3. The smallest absolute Gasteiger partial charge is 0.339 e. The summed E-state index contributed by atoms with van der Waals surface area (Å²) in [6.45, 7) is 2.45. The molecule has 0 spiro atoms. The quantitative estimate of drug-likeness (QED) is 0.485. The van der Waals surface area contributed by atoms with E-state index in [2.05, 4.69) is 10.4 Å². The van der Waals surface area contributed by atoms with Crippen molar-refractivity contribution in [2.24, 2.45) is 0 Å². The Kier molecular flexibility index (Phi) is 5.53. The number of aromatic nitrogens is 3. The number of nitrogens with one attached hydrogen (secondary N) is 1. The number of carbonyl (C=O) groups excluding carboxylic acids is 2. The van der Waals surface area contributed by atoms with Crippen LogP contribution in [0.5, 0.6) is 0 Å². The summed E-state index contributed by atoms with van der Waals surface area (Å²) in [5.41, 5.74) is 1.71. The SMILES string of the molecule is CCCn1c2ccccc2c2cnn(CC(=O)Nc3ccccc3C(=O)OC)c(=O)c21. The number of ether oxygens (including phenoxy) is 1. The average Bonchev–Trinajstić information content (AvgIpc) is 3.10. The Hall–Kier alpha value is -3.94. The number of hydrogen-bond donors (Lipinski definition) is 1. The average molecular weight is 418 g/mol. The highest BCUT2D eigenvalue weighted by Crippen LogP contribution is 2.26. The number of fused-ring (bicyclic) bond motifs is 3. The first kappa shape index (κ1) is 20.3. The molecule has 2 aromatic carbocycles. The van der Waals surface area contributed by atoms with Crippen molar-refractivity contribution in [3.8, 4) is 0 Å². The van der Waals surface area contributed by atoms with E-state index >= 15 is 0 Å². The second-order valence-electron chi connectivity index (χ2n) is 7.12. The van der Waals surface area contributed by atoms with Crippen molar-refractivity contribution < 1.29 is 14.3 Å². The van der Waals surface area contributed by atoms with Gasteiger partial charge in [-0.1, -0.05) is 37.3 Å². The van der Waals surface area contributed by atoms with E-state index in [1.54, 1.807) is 30.5 Å². The van der Waals surface area contributed by atoms with Gasteiger partial charge in [-0.15, -0.1) is 0 Å². The Morgan fingerprint density at radius 3 is 2.58 bits per heavy atom. The lowest BCUT2D eigenvalue weighted by molar-refractivity contribution is -0.117. The van der Waals surface area contributed by atoms with Gasteiger partial charge in [-0.3, -0.25) is 9.59 Å². The van der Waals surface area contributed by atoms with Gasteiger partial charge >= 0.3 is 5.97 Å². The Balaban J connectivity index is 1.70. The van der Waals surface area contributed by atoms with Crippen LogP contribution in [0.3, 0.4) is 0 Å². The topological polar surface area (TPSA) is 95.2 Å². The van der Waals surface area contributed by atoms with Gasteiger partial charge in [0.2, 0.25) is 5.91 Å². The summed E-state index contributed by atoms with van der Waals surface area (Å²) in [5, 5.41) is 8.62. The van der Waals surface area contributed by atoms with Gasteiger partial charge in [0, 0.05) is 22.8 Å². The molecule has 2 heterocycles. The Bertz CT molecular complexity index is 1350. The number of aryl methyl sites for hydroxylation is 1. The minimum Gasteiger partial charge on any atom is -0.465 e. The highest BCUT2D eigenvalue weighted by Gasteiger charge is 2.18. The number of hydrogen-bond acceptors (Lipinski definition) is 5. The van der Waals surface area contributed by atoms with Crippen LogP contribution in [0.1, 0.15) is 23.7 Å². The minimum atomic E-state index is -0.559. The van der Waals surface area contributed by atoms with Crippen LogP contribution >= 0.6 is 0 Å². The Labute approximate surface area is 178 Å². The van der Waals surface area contributed by atoms with Gasteiger partial charge in [0.05, 0.1) is 24.6 Å². The third kappa shape index (κ3) is 3.68. The van der Waals surface area contributed by atoms with E-state index in [0.717, 1.165) is 27.4 Å². The number of carbonyl (C=O) groups is 2. The number of para-hydroxylation sites is 2. The molecular formula is C23H22N4O4. The summed E-state index contributed by atoms with van der Waals surface area (Å²) < 4.78 is 7.87. The van der Waals surface area contributed by atoms with Crippen LogP contribution in [0.4, 0.5) is 5.69 Å². The lowest BCUT2D eigenvalue weighted by Gasteiger charge is -2.11. The van der Waals surface area contributed by atoms with Crippen LogP contribution in [0.2, 0.25) is 0 Å². The molecule has 0 aliphatic rings. The van der Waals surface area contributed by atoms with Crippen molar-refractivity contribution in [2.45, 2.75) is 26.4 Å². The predicted octanol–water partition coefficient (Wildman–Crippen LogP) is 3.19. The first-order chi connectivity index (χ1) is 15.0. The van der Waals surface area contributed by atoms with Crippen molar-refractivity contribution in [1.82, 2.24) is 14.3 Å². The third-order valence-corrected chi connectivity index (χ3v) is 5.12. The van der Waals surface area contributed by atoms with Crippen LogP contribution in [-0.2, 0) is 22.6 Å². The van der Waals surface area contributed by atoms with Gasteiger partial charge in [0.15, 0.2) is 0 Å². The van der Waals surface area contributed by atoms with Crippen molar-refractivity contribution in [1.29, 1.82) is 0 Å². The summed E-state index contributed by atoms with van der Waals surface area (Å²) in [6, 6.07) is 14.3. The van der Waals surface area contributed by atoms with Crippen molar-refractivity contribution in [3.63, 3.8) is 0 Å². The van der Waals surface area contributed by atoms with Crippen molar-refractivity contribution in [3.05, 3.63) is 70.6 Å². The highest BCUT2D eigenvalue weighted by molar-refractivity contribution is 6.07. The van der Waals surface area contributed by atoms with Crippen LogP contribution in [0.25, 0.3) is 21.8 Å². The lowest BCUT2D eigenvalue weighted by Crippen LogP contribution is -2.30. The van der Waals surface area contributed by atoms with Crippen molar-refractivity contribution >= 4 is 39.4 Å². The molecule has 0 saturated carbocycles. The van der Waals surface area contributed by atoms with E-state index in [1.807, 2.05) is 35.8 Å².